The van der Waals surface area contributed by atoms with Crippen LogP contribution in [0, 0.1) is 0 Å². The van der Waals surface area contributed by atoms with Crippen LogP contribution in [0.15, 0.2) is 54.6 Å². The molecule has 132 valence electrons. The van der Waals surface area contributed by atoms with E-state index in [0.717, 1.165) is 0 Å². The van der Waals surface area contributed by atoms with E-state index in [1.54, 1.807) is 4.90 Å². The number of unbranched alkanes of at least 4 members (excludes halogenated alkanes) is 3. The highest BCUT2D eigenvalue weighted by atomic mass is 127. The molecule has 1 aliphatic rings. The number of halogens is 1. The minimum atomic E-state index is 0.515. The molecule has 0 aliphatic carbocycles. The van der Waals surface area contributed by atoms with E-state index in [2.05, 4.69) is 91.2 Å². The third-order valence-corrected chi connectivity index (χ3v) is 7.90. The zero-order valence-electron chi connectivity index (χ0n) is 15.1. The van der Waals surface area contributed by atoms with Gasteiger partial charge < -0.3 is 4.90 Å². The van der Waals surface area contributed by atoms with Crippen LogP contribution >= 0.6 is 34.4 Å². The molecule has 3 rings (SSSR count). The average Bonchev–Trinajstić information content (AvgIpc) is 3.05. The molecule has 3 heteroatoms. The second kappa shape index (κ2) is 9.24. The van der Waals surface area contributed by atoms with Crippen LogP contribution in [0.5, 0.6) is 0 Å². The van der Waals surface area contributed by atoms with Crippen molar-refractivity contribution in [1.29, 1.82) is 0 Å². The molecule has 0 fully saturated rings. The van der Waals surface area contributed by atoms with Crippen LogP contribution in [0.2, 0.25) is 0 Å². The summed E-state index contributed by atoms with van der Waals surface area (Å²) in [7, 11) is 2.36. The monoisotopic (exact) mass is 464 g/mol. The van der Waals surface area contributed by atoms with Gasteiger partial charge in [0, 0.05) is 14.0 Å². The Balaban J connectivity index is 1.85. The molecule has 0 saturated heterocycles. The van der Waals surface area contributed by atoms with Gasteiger partial charge >= 0.3 is 0 Å². The molecule has 0 bridgehead atoms. The SMILES string of the molecule is CCCCCC[NH+](C)C1S/C(=C(/I)c2ccccc2)c2ccccc21. The molecular weight excluding hydrogens is 437 g/mol. The van der Waals surface area contributed by atoms with E-state index in [-0.39, 0.29) is 0 Å². The van der Waals surface area contributed by atoms with E-state index in [9.17, 15) is 0 Å². The number of thioether (sulfide) groups is 1. The van der Waals surface area contributed by atoms with Crippen LogP contribution in [0.1, 0.15) is 54.7 Å². The summed E-state index contributed by atoms with van der Waals surface area (Å²) in [5.74, 6) is 0. The van der Waals surface area contributed by atoms with Crippen LogP contribution in [0.25, 0.3) is 8.48 Å². The Morgan fingerprint density at radius 3 is 2.48 bits per heavy atom. The Labute approximate surface area is 170 Å². The van der Waals surface area contributed by atoms with E-state index in [0.29, 0.717) is 5.37 Å². The Kier molecular flexibility index (Phi) is 7.02. The Hall–Kier alpha value is -0.780. The first-order valence-electron chi connectivity index (χ1n) is 9.25. The molecule has 0 saturated carbocycles. The summed E-state index contributed by atoms with van der Waals surface area (Å²) in [6, 6.07) is 19.8. The van der Waals surface area contributed by atoms with Gasteiger partial charge in [0.15, 0.2) is 5.37 Å². The number of fused-ring (bicyclic) bond motifs is 1. The van der Waals surface area contributed by atoms with Crippen molar-refractivity contribution in [2.24, 2.45) is 0 Å². The molecule has 1 aliphatic heterocycles. The summed E-state index contributed by atoms with van der Waals surface area (Å²) in [6.45, 7) is 3.53. The van der Waals surface area contributed by atoms with E-state index in [1.807, 2.05) is 11.8 Å². The smallest absolute Gasteiger partial charge is 0.165 e. The predicted molar refractivity (Wildman–Crippen MR) is 120 cm³/mol. The lowest BCUT2D eigenvalue weighted by Gasteiger charge is -2.21. The molecule has 1 N–H and O–H groups in total. The van der Waals surface area contributed by atoms with Crippen LogP contribution in [-0.4, -0.2) is 13.6 Å². The van der Waals surface area contributed by atoms with Crippen molar-refractivity contribution in [2.75, 3.05) is 13.6 Å². The topological polar surface area (TPSA) is 4.44 Å². The largest absolute Gasteiger partial charge is 0.322 e. The van der Waals surface area contributed by atoms with Crippen molar-refractivity contribution < 1.29 is 4.90 Å². The first kappa shape index (κ1) is 19.0. The maximum absolute atomic E-state index is 2.53. The molecule has 25 heavy (non-hydrogen) atoms. The fourth-order valence-electron chi connectivity index (χ4n) is 3.39. The Bertz CT molecular complexity index is 726. The van der Waals surface area contributed by atoms with Crippen LogP contribution in [0.4, 0.5) is 0 Å². The maximum Gasteiger partial charge on any atom is 0.165 e. The van der Waals surface area contributed by atoms with Crippen LogP contribution < -0.4 is 4.90 Å². The minimum Gasteiger partial charge on any atom is -0.322 e. The zero-order valence-corrected chi connectivity index (χ0v) is 18.1. The second-order valence-electron chi connectivity index (χ2n) is 6.75. The molecule has 2 aromatic carbocycles. The molecule has 0 aromatic heterocycles. The van der Waals surface area contributed by atoms with Gasteiger partial charge in [0.05, 0.1) is 13.6 Å². The highest BCUT2D eigenvalue weighted by Gasteiger charge is 2.34. The van der Waals surface area contributed by atoms with Crippen molar-refractivity contribution in [3.63, 3.8) is 0 Å². The summed E-state index contributed by atoms with van der Waals surface area (Å²) in [4.78, 5) is 3.07. The van der Waals surface area contributed by atoms with E-state index in [4.69, 9.17) is 0 Å². The first-order chi connectivity index (χ1) is 12.2. The number of benzene rings is 2. The van der Waals surface area contributed by atoms with Gasteiger partial charge in [-0.1, -0.05) is 86.1 Å². The summed E-state index contributed by atoms with van der Waals surface area (Å²) in [6.07, 6.45) is 5.35. The number of hydrogen-bond acceptors (Lipinski definition) is 1. The van der Waals surface area contributed by atoms with Gasteiger partial charge in [0.2, 0.25) is 0 Å². The number of quaternary nitrogens is 1. The molecule has 0 radical (unpaired) electrons. The number of nitrogens with one attached hydrogen (secondary N) is 1. The highest BCUT2D eigenvalue weighted by molar-refractivity contribution is 14.1. The Morgan fingerprint density at radius 1 is 1.00 bits per heavy atom. The van der Waals surface area contributed by atoms with Crippen molar-refractivity contribution in [3.8, 4) is 0 Å². The third kappa shape index (κ3) is 4.50. The maximum atomic E-state index is 2.53. The lowest BCUT2D eigenvalue weighted by molar-refractivity contribution is -0.895. The van der Waals surface area contributed by atoms with Crippen LogP contribution in [0.3, 0.4) is 0 Å². The van der Waals surface area contributed by atoms with Crippen molar-refractivity contribution in [3.05, 3.63) is 71.3 Å². The van der Waals surface area contributed by atoms with Crippen LogP contribution in [-0.2, 0) is 0 Å². The van der Waals surface area contributed by atoms with Gasteiger partial charge in [0.25, 0.3) is 0 Å². The zero-order chi connectivity index (χ0) is 17.6. The summed E-state index contributed by atoms with van der Waals surface area (Å²) < 4.78 is 1.37. The molecule has 2 unspecified atom stereocenters. The van der Waals surface area contributed by atoms with Gasteiger partial charge in [-0.15, -0.1) is 0 Å². The molecule has 0 spiro atoms. The van der Waals surface area contributed by atoms with Gasteiger partial charge in [-0.2, -0.15) is 0 Å². The molecule has 2 aromatic rings. The van der Waals surface area contributed by atoms with Gasteiger partial charge in [-0.05, 0) is 46.6 Å². The van der Waals surface area contributed by atoms with Gasteiger partial charge in [-0.3, -0.25) is 0 Å². The van der Waals surface area contributed by atoms with Gasteiger partial charge in [-0.25, -0.2) is 0 Å². The lowest BCUT2D eigenvalue weighted by atomic mass is 10.0. The quantitative estimate of drug-likeness (QED) is 0.402. The van der Waals surface area contributed by atoms with E-state index in [1.165, 1.54) is 57.4 Å². The summed E-state index contributed by atoms with van der Waals surface area (Å²) >= 11 is 4.58. The average molecular weight is 464 g/mol. The fraction of sp³-hybridized carbons (Fsp3) is 0.364. The third-order valence-electron chi connectivity index (χ3n) is 4.82. The predicted octanol–water partition coefficient (Wildman–Crippen LogP) is 5.79. The summed E-state index contributed by atoms with van der Waals surface area (Å²) in [5.41, 5.74) is 4.25. The minimum absolute atomic E-state index is 0.515. The van der Waals surface area contributed by atoms with Crippen molar-refractivity contribution in [1.82, 2.24) is 0 Å². The molecule has 1 nitrogen and oxygen atoms in total. The highest BCUT2D eigenvalue weighted by Crippen LogP contribution is 2.51. The van der Waals surface area contributed by atoms with Crippen molar-refractivity contribution in [2.45, 2.75) is 38.0 Å². The summed E-state index contributed by atoms with van der Waals surface area (Å²) in [5, 5.41) is 0.515. The van der Waals surface area contributed by atoms with E-state index >= 15 is 0 Å². The molecular formula is C22H27INS+. The Morgan fingerprint density at radius 2 is 1.72 bits per heavy atom. The standard InChI is InChI=1S/C22H26INS/c1-3-4-5-11-16-24(2)22-19-15-10-9-14-18(19)21(25-22)20(23)17-12-7-6-8-13-17/h6-10,12-15,22H,3-5,11,16H2,1-2H3/p+1/b21-20+. The van der Waals surface area contributed by atoms with E-state index < -0.39 is 0 Å². The number of rotatable bonds is 7. The van der Waals surface area contributed by atoms with Gasteiger partial charge in [0.1, 0.15) is 0 Å². The molecule has 1 heterocycles. The number of hydrogen-bond donors (Lipinski definition) is 1. The van der Waals surface area contributed by atoms with Crippen molar-refractivity contribution >= 4 is 42.8 Å². The molecule has 2 atom stereocenters. The normalized spacial score (nSPS) is 19.6. The fourth-order valence-corrected chi connectivity index (χ4v) is 5.84. The molecule has 0 amide bonds. The lowest BCUT2D eigenvalue weighted by Crippen LogP contribution is -3.08. The first-order valence-corrected chi connectivity index (χ1v) is 11.2. The second-order valence-corrected chi connectivity index (χ2v) is 8.95.